The monoisotopic (exact) mass is 242 g/mol. The number of para-hydroxylation sites is 1. The van der Waals surface area contributed by atoms with Crippen LogP contribution in [0.2, 0.25) is 0 Å². The Kier molecular flexibility index (Phi) is 2.61. The molecule has 2 nitrogen and oxygen atoms in total. The largest absolute Gasteiger partial charge is 0.458 e. The van der Waals surface area contributed by atoms with Crippen LogP contribution in [0.1, 0.15) is 17.4 Å². The fourth-order valence-corrected chi connectivity index (χ4v) is 1.95. The highest BCUT2D eigenvalue weighted by Crippen LogP contribution is 2.28. The third-order valence-corrected chi connectivity index (χ3v) is 2.90. The van der Waals surface area contributed by atoms with E-state index >= 15 is 0 Å². The van der Waals surface area contributed by atoms with Gasteiger partial charge in [0, 0.05) is 5.39 Å². The summed E-state index contributed by atoms with van der Waals surface area (Å²) >= 11 is 0. The first-order valence-corrected chi connectivity index (χ1v) is 5.66. The molecule has 0 saturated carbocycles. The van der Waals surface area contributed by atoms with Crippen molar-refractivity contribution in [2.75, 3.05) is 0 Å². The van der Waals surface area contributed by atoms with Gasteiger partial charge in [-0.05, 0) is 29.8 Å². The lowest BCUT2D eigenvalue weighted by atomic mass is 10.1. The molecule has 1 atom stereocenters. The molecule has 18 heavy (non-hydrogen) atoms. The number of aliphatic hydroxyl groups is 1. The number of aliphatic hydroxyl groups excluding tert-OH is 1. The molecule has 3 rings (SSSR count). The molecule has 1 aromatic heterocycles. The van der Waals surface area contributed by atoms with Crippen molar-refractivity contribution < 1.29 is 13.9 Å². The fraction of sp³-hybridized carbons (Fsp3) is 0.0667. The van der Waals surface area contributed by atoms with E-state index < -0.39 is 6.10 Å². The number of furan rings is 1. The average Bonchev–Trinajstić information content (AvgIpc) is 2.82. The highest BCUT2D eigenvalue weighted by molar-refractivity contribution is 5.77. The topological polar surface area (TPSA) is 33.4 Å². The molecule has 0 aliphatic carbocycles. The van der Waals surface area contributed by atoms with Gasteiger partial charge in [-0.15, -0.1) is 0 Å². The highest BCUT2D eigenvalue weighted by atomic mass is 19.1. The quantitative estimate of drug-likeness (QED) is 0.744. The van der Waals surface area contributed by atoms with Gasteiger partial charge in [-0.3, -0.25) is 0 Å². The minimum absolute atomic E-state index is 0.324. The molecule has 3 aromatic rings. The third-order valence-electron chi connectivity index (χ3n) is 2.90. The van der Waals surface area contributed by atoms with E-state index in [1.165, 1.54) is 12.1 Å². The Labute approximate surface area is 103 Å². The fourth-order valence-electron chi connectivity index (χ4n) is 1.95. The second-order valence-electron chi connectivity index (χ2n) is 4.14. The van der Waals surface area contributed by atoms with Gasteiger partial charge in [0.25, 0.3) is 0 Å². The van der Waals surface area contributed by atoms with Crippen LogP contribution in [-0.2, 0) is 0 Å². The predicted octanol–water partition coefficient (Wildman–Crippen LogP) is 3.65. The molecule has 2 aromatic carbocycles. The van der Waals surface area contributed by atoms with Crippen molar-refractivity contribution in [1.82, 2.24) is 0 Å². The van der Waals surface area contributed by atoms with Gasteiger partial charge in [0.15, 0.2) is 0 Å². The Balaban J connectivity index is 2.00. The van der Waals surface area contributed by atoms with Crippen molar-refractivity contribution in [3.05, 3.63) is 71.7 Å². The minimum atomic E-state index is -0.877. The highest BCUT2D eigenvalue weighted by Gasteiger charge is 2.15. The van der Waals surface area contributed by atoms with Crippen molar-refractivity contribution in [3.8, 4) is 0 Å². The second kappa shape index (κ2) is 4.27. The maximum Gasteiger partial charge on any atom is 0.138 e. The second-order valence-corrected chi connectivity index (χ2v) is 4.14. The molecule has 0 bridgehead atoms. The van der Waals surface area contributed by atoms with E-state index in [1.807, 2.05) is 24.3 Å². The molecule has 0 amide bonds. The summed E-state index contributed by atoms with van der Waals surface area (Å²) in [6.07, 6.45) is -0.877. The SMILES string of the molecule is O[C@@H](c1ccc(F)cc1)c1cc2ccccc2o1. The van der Waals surface area contributed by atoms with Gasteiger partial charge in [0.2, 0.25) is 0 Å². The zero-order valence-corrected chi connectivity index (χ0v) is 9.51. The lowest BCUT2D eigenvalue weighted by molar-refractivity contribution is 0.192. The summed E-state index contributed by atoms with van der Waals surface area (Å²) in [5.41, 5.74) is 1.34. The summed E-state index contributed by atoms with van der Waals surface area (Å²) in [5, 5.41) is 11.1. The molecule has 0 fully saturated rings. The maximum atomic E-state index is 12.8. The molecule has 0 aliphatic heterocycles. The lowest BCUT2D eigenvalue weighted by Crippen LogP contribution is -1.97. The Hall–Kier alpha value is -2.13. The van der Waals surface area contributed by atoms with Crippen LogP contribution in [-0.4, -0.2) is 5.11 Å². The third kappa shape index (κ3) is 1.89. The molecule has 3 heteroatoms. The van der Waals surface area contributed by atoms with Crippen molar-refractivity contribution in [2.45, 2.75) is 6.10 Å². The van der Waals surface area contributed by atoms with Gasteiger partial charge in [-0.2, -0.15) is 0 Å². The van der Waals surface area contributed by atoms with E-state index in [1.54, 1.807) is 18.2 Å². The van der Waals surface area contributed by atoms with E-state index in [0.717, 1.165) is 11.0 Å². The first-order valence-electron chi connectivity index (χ1n) is 5.66. The van der Waals surface area contributed by atoms with Gasteiger partial charge in [0.1, 0.15) is 23.3 Å². The zero-order chi connectivity index (χ0) is 12.5. The number of fused-ring (bicyclic) bond motifs is 1. The summed E-state index contributed by atoms with van der Waals surface area (Å²) in [4.78, 5) is 0. The van der Waals surface area contributed by atoms with Crippen molar-refractivity contribution in [3.63, 3.8) is 0 Å². The molecule has 1 heterocycles. The Morgan fingerprint density at radius 3 is 2.44 bits per heavy atom. The predicted molar refractivity (Wildman–Crippen MR) is 66.7 cm³/mol. The Morgan fingerprint density at radius 1 is 1.00 bits per heavy atom. The summed E-state index contributed by atoms with van der Waals surface area (Å²) in [6.45, 7) is 0. The smallest absolute Gasteiger partial charge is 0.138 e. The normalized spacial score (nSPS) is 12.8. The van der Waals surface area contributed by atoms with E-state index in [9.17, 15) is 9.50 Å². The molecule has 1 N–H and O–H groups in total. The van der Waals surface area contributed by atoms with Gasteiger partial charge >= 0.3 is 0 Å². The van der Waals surface area contributed by atoms with Crippen LogP contribution in [0, 0.1) is 5.82 Å². The van der Waals surface area contributed by atoms with E-state index in [-0.39, 0.29) is 5.82 Å². The molecular weight excluding hydrogens is 231 g/mol. The van der Waals surface area contributed by atoms with Crippen molar-refractivity contribution >= 4 is 11.0 Å². The standard InChI is InChI=1S/C15H11FO2/c16-12-7-5-10(6-8-12)15(17)14-9-11-3-1-2-4-13(11)18-14/h1-9,15,17H/t15-/m0/s1. The van der Waals surface area contributed by atoms with Gasteiger partial charge in [-0.1, -0.05) is 30.3 Å². The minimum Gasteiger partial charge on any atom is -0.458 e. The van der Waals surface area contributed by atoms with Crippen LogP contribution >= 0.6 is 0 Å². The van der Waals surface area contributed by atoms with Gasteiger partial charge in [-0.25, -0.2) is 4.39 Å². The van der Waals surface area contributed by atoms with Crippen molar-refractivity contribution in [2.24, 2.45) is 0 Å². The van der Waals surface area contributed by atoms with Crippen LogP contribution in [0.3, 0.4) is 0 Å². The van der Waals surface area contributed by atoms with E-state index in [0.29, 0.717) is 11.3 Å². The number of halogens is 1. The first kappa shape index (κ1) is 11.0. The maximum absolute atomic E-state index is 12.8. The molecule has 0 spiro atoms. The molecule has 0 aliphatic rings. The molecule has 0 saturated heterocycles. The number of hydrogen-bond donors (Lipinski definition) is 1. The van der Waals surface area contributed by atoms with Crippen molar-refractivity contribution in [1.29, 1.82) is 0 Å². The molecule has 0 radical (unpaired) electrons. The number of rotatable bonds is 2. The summed E-state index contributed by atoms with van der Waals surface area (Å²) in [6, 6.07) is 15.1. The first-order chi connectivity index (χ1) is 8.74. The molecule has 90 valence electrons. The average molecular weight is 242 g/mol. The van der Waals surface area contributed by atoms with Crippen LogP contribution in [0.4, 0.5) is 4.39 Å². The number of hydrogen-bond acceptors (Lipinski definition) is 2. The zero-order valence-electron chi connectivity index (χ0n) is 9.51. The van der Waals surface area contributed by atoms with Crippen LogP contribution in [0.5, 0.6) is 0 Å². The number of benzene rings is 2. The summed E-state index contributed by atoms with van der Waals surface area (Å²) in [5.74, 6) is 0.137. The van der Waals surface area contributed by atoms with Crippen LogP contribution < -0.4 is 0 Å². The van der Waals surface area contributed by atoms with Gasteiger partial charge in [0.05, 0.1) is 0 Å². The lowest BCUT2D eigenvalue weighted by Gasteiger charge is -2.07. The van der Waals surface area contributed by atoms with Gasteiger partial charge < -0.3 is 9.52 Å². The van der Waals surface area contributed by atoms with E-state index in [2.05, 4.69) is 0 Å². The molecular formula is C15H11FO2. The Bertz CT molecular complexity index is 637. The van der Waals surface area contributed by atoms with E-state index in [4.69, 9.17) is 4.42 Å². The van der Waals surface area contributed by atoms with Crippen LogP contribution in [0.25, 0.3) is 11.0 Å². The Morgan fingerprint density at radius 2 is 1.72 bits per heavy atom. The van der Waals surface area contributed by atoms with Crippen LogP contribution in [0.15, 0.2) is 59.0 Å². The summed E-state index contributed by atoms with van der Waals surface area (Å²) in [7, 11) is 0. The molecule has 0 unspecified atom stereocenters. The summed E-state index contributed by atoms with van der Waals surface area (Å²) < 4.78 is 18.4.